The zero-order valence-electron chi connectivity index (χ0n) is 15.4. The fourth-order valence-electron chi connectivity index (χ4n) is 3.54. The first-order valence-corrected chi connectivity index (χ1v) is 9.03. The molecule has 1 fully saturated rings. The molecule has 0 saturated carbocycles. The highest BCUT2D eigenvalue weighted by atomic mass is 16.2. The highest BCUT2D eigenvalue weighted by Crippen LogP contribution is 2.18. The van der Waals surface area contributed by atoms with E-state index in [9.17, 15) is 14.9 Å². The maximum Gasteiger partial charge on any atom is 0.332 e. The molecule has 4 heterocycles. The number of hydrogen-bond donors (Lipinski definition) is 2. The number of anilines is 1. The summed E-state index contributed by atoms with van der Waals surface area (Å²) >= 11 is 0. The van der Waals surface area contributed by atoms with Crippen molar-refractivity contribution in [1.82, 2.24) is 24.1 Å². The van der Waals surface area contributed by atoms with Crippen molar-refractivity contribution in [3.63, 3.8) is 0 Å². The Labute approximate surface area is 159 Å². The van der Waals surface area contributed by atoms with Crippen molar-refractivity contribution in [1.29, 1.82) is 5.26 Å². The Hall–Kier alpha value is -3.45. The van der Waals surface area contributed by atoms with Gasteiger partial charge in [-0.25, -0.2) is 4.79 Å². The number of fused-ring (bicyclic) bond motifs is 1. The molecule has 28 heavy (non-hydrogen) atoms. The number of aromatic amines is 1. The highest BCUT2D eigenvalue weighted by Gasteiger charge is 2.22. The second-order valence-corrected chi connectivity index (χ2v) is 6.95. The molecule has 10 heteroatoms. The molecule has 1 saturated heterocycles. The summed E-state index contributed by atoms with van der Waals surface area (Å²) < 4.78 is 2.39. The molecule has 3 aromatic heterocycles. The molecule has 1 aliphatic rings. The van der Waals surface area contributed by atoms with Crippen molar-refractivity contribution in [2.45, 2.75) is 25.4 Å². The lowest BCUT2D eigenvalue weighted by Gasteiger charge is -2.30. The second-order valence-electron chi connectivity index (χ2n) is 6.95. The third-order valence-electron chi connectivity index (χ3n) is 5.04. The topological polar surface area (TPSA) is 139 Å². The summed E-state index contributed by atoms with van der Waals surface area (Å²) in [6, 6.07) is 5.32. The lowest BCUT2D eigenvalue weighted by Crippen LogP contribution is -2.43. The summed E-state index contributed by atoms with van der Waals surface area (Å²) in [5.74, 6) is 0.533. The third-order valence-corrected chi connectivity index (χ3v) is 5.04. The van der Waals surface area contributed by atoms with Crippen LogP contribution in [0.2, 0.25) is 0 Å². The predicted octanol–water partition coefficient (Wildman–Crippen LogP) is -0.334. The van der Waals surface area contributed by atoms with E-state index in [-0.39, 0.29) is 18.1 Å². The quantitative estimate of drug-likeness (QED) is 0.634. The van der Waals surface area contributed by atoms with Gasteiger partial charge in [-0.1, -0.05) is 0 Å². The van der Waals surface area contributed by atoms with E-state index in [4.69, 9.17) is 5.73 Å². The van der Waals surface area contributed by atoms with Crippen molar-refractivity contribution in [3.05, 3.63) is 50.4 Å². The van der Waals surface area contributed by atoms with E-state index in [0.717, 1.165) is 24.0 Å². The van der Waals surface area contributed by atoms with Crippen molar-refractivity contribution in [3.8, 4) is 6.07 Å². The Kier molecular flexibility index (Phi) is 4.44. The lowest BCUT2D eigenvalue weighted by molar-refractivity contribution is 0.501. The molecule has 0 aliphatic carbocycles. The summed E-state index contributed by atoms with van der Waals surface area (Å²) in [5, 5.41) is 9.24. The summed E-state index contributed by atoms with van der Waals surface area (Å²) in [4.78, 5) is 39.4. The number of H-pyrrole nitrogens is 1. The Balaban J connectivity index is 1.82. The number of nitrogens with one attached hydrogen (secondary N) is 1. The van der Waals surface area contributed by atoms with Crippen LogP contribution in [-0.2, 0) is 13.6 Å². The number of aryl methyl sites for hydroxylation is 1. The van der Waals surface area contributed by atoms with Crippen LogP contribution in [0, 0.1) is 11.3 Å². The number of nitriles is 1. The Morgan fingerprint density at radius 1 is 1.43 bits per heavy atom. The van der Waals surface area contributed by atoms with Crippen LogP contribution in [0.15, 0.2) is 27.9 Å². The zero-order valence-corrected chi connectivity index (χ0v) is 15.4. The minimum atomic E-state index is -0.513. The largest absolute Gasteiger partial charge is 0.341 e. The van der Waals surface area contributed by atoms with Gasteiger partial charge in [0.2, 0.25) is 5.95 Å². The van der Waals surface area contributed by atoms with E-state index in [1.807, 2.05) is 11.0 Å². The Bertz CT molecular complexity index is 1200. The van der Waals surface area contributed by atoms with E-state index in [0.29, 0.717) is 29.4 Å². The fourth-order valence-corrected chi connectivity index (χ4v) is 3.54. The van der Waals surface area contributed by atoms with Crippen LogP contribution in [0.1, 0.15) is 24.1 Å². The molecular formula is C18H20N8O2. The van der Waals surface area contributed by atoms with Gasteiger partial charge in [-0.2, -0.15) is 10.2 Å². The molecule has 1 atom stereocenters. The smallest absolute Gasteiger partial charge is 0.332 e. The zero-order chi connectivity index (χ0) is 19.8. The molecule has 0 spiro atoms. The Morgan fingerprint density at radius 3 is 3.00 bits per heavy atom. The number of pyridine rings is 1. The molecule has 10 nitrogen and oxygen atoms in total. The molecule has 4 rings (SSSR count). The summed E-state index contributed by atoms with van der Waals surface area (Å²) in [6.07, 6.45) is 3.42. The average molecular weight is 380 g/mol. The monoisotopic (exact) mass is 380 g/mol. The molecule has 3 aromatic rings. The first-order chi connectivity index (χ1) is 13.5. The molecule has 0 aromatic carbocycles. The van der Waals surface area contributed by atoms with Crippen LogP contribution in [0.3, 0.4) is 0 Å². The molecule has 0 unspecified atom stereocenters. The van der Waals surface area contributed by atoms with Crippen LogP contribution in [-0.4, -0.2) is 43.2 Å². The van der Waals surface area contributed by atoms with Crippen LogP contribution >= 0.6 is 0 Å². The van der Waals surface area contributed by atoms with Crippen molar-refractivity contribution in [2.75, 3.05) is 18.0 Å². The van der Waals surface area contributed by atoms with Crippen molar-refractivity contribution in [2.24, 2.45) is 12.8 Å². The molecule has 144 valence electrons. The van der Waals surface area contributed by atoms with Gasteiger partial charge < -0.3 is 15.6 Å². The number of rotatable bonds is 3. The van der Waals surface area contributed by atoms with E-state index in [1.165, 1.54) is 10.8 Å². The van der Waals surface area contributed by atoms with Crippen LogP contribution in [0.5, 0.6) is 0 Å². The van der Waals surface area contributed by atoms with Crippen LogP contribution in [0.4, 0.5) is 5.95 Å². The number of nitrogens with zero attached hydrogens (tertiary/aromatic N) is 6. The van der Waals surface area contributed by atoms with Gasteiger partial charge in [0.25, 0.3) is 5.56 Å². The van der Waals surface area contributed by atoms with Crippen molar-refractivity contribution >= 4 is 17.1 Å². The molecule has 1 aliphatic heterocycles. The van der Waals surface area contributed by atoms with Gasteiger partial charge in [0.1, 0.15) is 6.07 Å². The number of aromatic nitrogens is 5. The van der Waals surface area contributed by atoms with E-state index >= 15 is 0 Å². The van der Waals surface area contributed by atoms with Crippen LogP contribution in [0.25, 0.3) is 11.2 Å². The normalized spacial score (nSPS) is 17.0. The van der Waals surface area contributed by atoms with Gasteiger partial charge in [0.05, 0.1) is 17.8 Å². The maximum absolute atomic E-state index is 13.0. The fraction of sp³-hybridized carbons (Fsp3) is 0.389. The predicted molar refractivity (Wildman–Crippen MR) is 103 cm³/mol. The number of piperidine rings is 1. The number of nitrogens with two attached hydrogens (primary N) is 1. The minimum absolute atomic E-state index is 0.0518. The second kappa shape index (κ2) is 6.94. The van der Waals surface area contributed by atoms with Gasteiger partial charge in [0.15, 0.2) is 11.2 Å². The van der Waals surface area contributed by atoms with Crippen LogP contribution < -0.4 is 21.9 Å². The highest BCUT2D eigenvalue weighted by molar-refractivity contribution is 5.73. The van der Waals surface area contributed by atoms with E-state index in [1.54, 1.807) is 19.2 Å². The molecule has 0 bridgehead atoms. The Morgan fingerprint density at radius 2 is 2.25 bits per heavy atom. The molecule has 0 radical (unpaired) electrons. The first-order valence-electron chi connectivity index (χ1n) is 9.03. The third kappa shape index (κ3) is 2.95. The van der Waals surface area contributed by atoms with Gasteiger partial charge in [-0.15, -0.1) is 0 Å². The molecular weight excluding hydrogens is 360 g/mol. The van der Waals surface area contributed by atoms with E-state index < -0.39 is 11.2 Å². The van der Waals surface area contributed by atoms with Gasteiger partial charge in [-0.05, 0) is 25.0 Å². The SMILES string of the molecule is Cn1c(=O)n(Cc2ncccc2C#N)c(=O)c2[nH]c(N3CCC[C@@H](N)C3)nc21. The number of imidazole rings is 1. The number of hydrogen-bond acceptors (Lipinski definition) is 7. The summed E-state index contributed by atoms with van der Waals surface area (Å²) in [5.41, 5.74) is 6.26. The first kappa shape index (κ1) is 17.9. The van der Waals surface area contributed by atoms with E-state index in [2.05, 4.69) is 15.0 Å². The van der Waals surface area contributed by atoms with Gasteiger partial charge in [0, 0.05) is 32.4 Å². The summed E-state index contributed by atoms with van der Waals surface area (Å²) in [7, 11) is 1.57. The standard InChI is InChI=1S/C18H20N8O2/c1-24-15-14(22-17(23-15)25-7-3-5-12(20)9-25)16(27)26(18(24)28)10-13-11(8-19)4-2-6-21-13/h2,4,6,12H,3,5,7,9-10,20H2,1H3,(H,22,23)/t12-/m1/s1. The average Bonchev–Trinajstić information content (AvgIpc) is 3.16. The van der Waals surface area contributed by atoms with Crippen molar-refractivity contribution < 1.29 is 0 Å². The maximum atomic E-state index is 13.0. The minimum Gasteiger partial charge on any atom is -0.341 e. The van der Waals surface area contributed by atoms with Gasteiger partial charge >= 0.3 is 5.69 Å². The summed E-state index contributed by atoms with van der Waals surface area (Å²) in [6.45, 7) is 1.34. The molecule has 0 amide bonds. The lowest BCUT2D eigenvalue weighted by atomic mass is 10.1. The van der Waals surface area contributed by atoms with Gasteiger partial charge in [-0.3, -0.25) is 18.9 Å². The molecule has 3 N–H and O–H groups in total.